The summed E-state index contributed by atoms with van der Waals surface area (Å²) in [5.41, 5.74) is -0.431. The molecular weight excluding hydrogens is 279 g/mol. The number of nitro groups is 1. The number of hydrogen-bond donors (Lipinski definition) is 1. The summed E-state index contributed by atoms with van der Waals surface area (Å²) >= 11 is 0. The zero-order valence-corrected chi connectivity index (χ0v) is 10.9. The molecule has 20 heavy (non-hydrogen) atoms. The number of nitrogens with zero attached hydrogens (tertiary/aromatic N) is 4. The molecule has 7 nitrogen and oxygen atoms in total. The molecule has 10 heteroatoms. The minimum Gasteiger partial charge on any atom is -0.364 e. The maximum Gasteiger partial charge on any atom is 0.390 e. The molecule has 1 N–H and O–H groups in total. The molecule has 1 aromatic rings. The van der Waals surface area contributed by atoms with Gasteiger partial charge in [-0.25, -0.2) is 9.97 Å². The zero-order valence-electron chi connectivity index (χ0n) is 10.9. The normalized spacial score (nSPS) is 11.2. The molecule has 0 aliphatic heterocycles. The van der Waals surface area contributed by atoms with Crippen molar-refractivity contribution in [3.8, 4) is 0 Å². The smallest absolute Gasteiger partial charge is 0.364 e. The average Bonchev–Trinajstić information content (AvgIpc) is 2.35. The molecule has 0 saturated carbocycles. The van der Waals surface area contributed by atoms with Crippen LogP contribution in [0, 0.1) is 10.1 Å². The fraction of sp³-hybridized carbons (Fsp3) is 0.600. The number of alkyl halides is 3. The van der Waals surface area contributed by atoms with E-state index in [1.165, 1.54) is 7.05 Å². The van der Waals surface area contributed by atoms with Crippen LogP contribution in [-0.4, -0.2) is 41.2 Å². The summed E-state index contributed by atoms with van der Waals surface area (Å²) in [5, 5.41) is 13.7. The molecule has 0 radical (unpaired) electrons. The third kappa shape index (κ3) is 4.21. The van der Waals surface area contributed by atoms with Gasteiger partial charge in [0.05, 0.1) is 11.3 Å². The molecule has 1 rings (SSSR count). The van der Waals surface area contributed by atoms with Crippen LogP contribution in [0.4, 0.5) is 30.5 Å². The fourth-order valence-electron chi connectivity index (χ4n) is 1.51. The SMILES string of the molecule is CCNc1ncnc(N(C)CCC(F)(F)F)c1[N+](=O)[O-]. The molecule has 0 unspecified atom stereocenters. The third-order valence-corrected chi connectivity index (χ3v) is 2.42. The maximum absolute atomic E-state index is 12.2. The van der Waals surface area contributed by atoms with E-state index in [1.807, 2.05) is 0 Å². The van der Waals surface area contributed by atoms with E-state index >= 15 is 0 Å². The number of halogens is 3. The van der Waals surface area contributed by atoms with E-state index in [-0.39, 0.29) is 11.6 Å². The van der Waals surface area contributed by atoms with Gasteiger partial charge in [0, 0.05) is 20.1 Å². The molecule has 0 aromatic carbocycles. The van der Waals surface area contributed by atoms with E-state index in [1.54, 1.807) is 6.92 Å². The first-order chi connectivity index (χ1) is 9.26. The van der Waals surface area contributed by atoms with Crippen molar-refractivity contribution in [1.82, 2.24) is 9.97 Å². The van der Waals surface area contributed by atoms with E-state index < -0.39 is 29.8 Å². The first-order valence-electron chi connectivity index (χ1n) is 5.77. The lowest BCUT2D eigenvalue weighted by atomic mass is 10.3. The second kappa shape index (κ2) is 6.35. The average molecular weight is 293 g/mol. The minimum absolute atomic E-state index is 0.0126. The lowest BCUT2D eigenvalue weighted by Gasteiger charge is -2.19. The van der Waals surface area contributed by atoms with Gasteiger partial charge in [0.2, 0.25) is 11.6 Å². The van der Waals surface area contributed by atoms with Crippen LogP contribution in [0.25, 0.3) is 0 Å². The first kappa shape index (κ1) is 15.9. The van der Waals surface area contributed by atoms with Crippen molar-refractivity contribution < 1.29 is 18.1 Å². The van der Waals surface area contributed by atoms with Gasteiger partial charge in [0.25, 0.3) is 0 Å². The number of anilines is 2. The Balaban J connectivity index is 3.04. The standard InChI is InChI=1S/C10H14F3N5O2/c1-3-14-8-7(18(19)20)9(16-6-15-8)17(2)5-4-10(11,12)13/h6H,3-5H2,1-2H3,(H,14,15,16). The van der Waals surface area contributed by atoms with E-state index in [2.05, 4.69) is 15.3 Å². The second-order valence-electron chi connectivity index (χ2n) is 3.97. The summed E-state index contributed by atoms with van der Waals surface area (Å²) in [6, 6.07) is 0. The van der Waals surface area contributed by atoms with E-state index in [0.29, 0.717) is 6.54 Å². The van der Waals surface area contributed by atoms with Crippen LogP contribution in [0.5, 0.6) is 0 Å². The minimum atomic E-state index is -4.33. The summed E-state index contributed by atoms with van der Waals surface area (Å²) in [5.74, 6) is -0.161. The molecule has 0 amide bonds. The summed E-state index contributed by atoms with van der Waals surface area (Å²) in [6.45, 7) is 1.69. The molecule has 112 valence electrons. The zero-order chi connectivity index (χ0) is 15.3. The fourth-order valence-corrected chi connectivity index (χ4v) is 1.51. The van der Waals surface area contributed by atoms with Crippen LogP contribution in [0.15, 0.2) is 6.33 Å². The van der Waals surface area contributed by atoms with Crippen LogP contribution >= 0.6 is 0 Å². The van der Waals surface area contributed by atoms with Gasteiger partial charge < -0.3 is 10.2 Å². The highest BCUT2D eigenvalue weighted by Gasteiger charge is 2.30. The van der Waals surface area contributed by atoms with Crippen LogP contribution in [0.1, 0.15) is 13.3 Å². The van der Waals surface area contributed by atoms with Gasteiger partial charge in [0.15, 0.2) is 0 Å². The molecule has 0 fully saturated rings. The number of hydrogen-bond acceptors (Lipinski definition) is 6. The number of aromatic nitrogens is 2. The molecule has 1 aromatic heterocycles. The molecule has 0 aliphatic rings. The van der Waals surface area contributed by atoms with Crippen molar-refractivity contribution in [2.45, 2.75) is 19.5 Å². The van der Waals surface area contributed by atoms with Crippen molar-refractivity contribution >= 4 is 17.3 Å². The maximum atomic E-state index is 12.2. The monoisotopic (exact) mass is 293 g/mol. The van der Waals surface area contributed by atoms with Crippen LogP contribution in [0.2, 0.25) is 0 Å². The van der Waals surface area contributed by atoms with Gasteiger partial charge in [0.1, 0.15) is 6.33 Å². The highest BCUT2D eigenvalue weighted by Crippen LogP contribution is 2.31. The van der Waals surface area contributed by atoms with Gasteiger partial charge in [-0.2, -0.15) is 13.2 Å². The second-order valence-corrected chi connectivity index (χ2v) is 3.97. The molecule has 0 saturated heterocycles. The van der Waals surface area contributed by atoms with E-state index in [4.69, 9.17) is 0 Å². The predicted molar refractivity (Wildman–Crippen MR) is 66.8 cm³/mol. The van der Waals surface area contributed by atoms with Crippen molar-refractivity contribution in [2.24, 2.45) is 0 Å². The predicted octanol–water partition coefficient (Wildman–Crippen LogP) is 2.21. The Labute approximate surface area is 113 Å². The van der Waals surface area contributed by atoms with E-state index in [9.17, 15) is 23.3 Å². The Hall–Kier alpha value is -2.13. The number of nitrogens with one attached hydrogen (secondary N) is 1. The quantitative estimate of drug-likeness (QED) is 0.639. The largest absolute Gasteiger partial charge is 0.390 e. The van der Waals surface area contributed by atoms with Gasteiger partial charge in [-0.1, -0.05) is 0 Å². The van der Waals surface area contributed by atoms with Crippen molar-refractivity contribution in [2.75, 3.05) is 30.4 Å². The Kier molecular flexibility index (Phi) is 5.06. The Morgan fingerprint density at radius 2 is 2.10 bits per heavy atom. The van der Waals surface area contributed by atoms with Crippen molar-refractivity contribution in [3.05, 3.63) is 16.4 Å². The molecule has 1 heterocycles. The molecule has 0 aliphatic carbocycles. The van der Waals surface area contributed by atoms with Crippen molar-refractivity contribution in [3.63, 3.8) is 0 Å². The number of rotatable bonds is 6. The van der Waals surface area contributed by atoms with Crippen LogP contribution in [0.3, 0.4) is 0 Å². The van der Waals surface area contributed by atoms with Crippen molar-refractivity contribution in [1.29, 1.82) is 0 Å². The Morgan fingerprint density at radius 3 is 2.60 bits per heavy atom. The molecular formula is C10H14F3N5O2. The lowest BCUT2D eigenvalue weighted by molar-refractivity contribution is -0.383. The van der Waals surface area contributed by atoms with Crippen LogP contribution in [-0.2, 0) is 0 Å². The summed E-state index contributed by atoms with van der Waals surface area (Å²) in [4.78, 5) is 18.9. The topological polar surface area (TPSA) is 84.2 Å². The van der Waals surface area contributed by atoms with E-state index in [0.717, 1.165) is 11.2 Å². The Morgan fingerprint density at radius 1 is 1.45 bits per heavy atom. The van der Waals surface area contributed by atoms with Gasteiger partial charge in [-0.05, 0) is 6.92 Å². The lowest BCUT2D eigenvalue weighted by Crippen LogP contribution is -2.26. The van der Waals surface area contributed by atoms with Gasteiger partial charge >= 0.3 is 11.9 Å². The highest BCUT2D eigenvalue weighted by molar-refractivity contribution is 5.69. The molecule has 0 bridgehead atoms. The summed E-state index contributed by atoms with van der Waals surface area (Å²) in [7, 11) is 1.32. The first-order valence-corrected chi connectivity index (χ1v) is 5.77. The summed E-state index contributed by atoms with van der Waals surface area (Å²) in [6.07, 6.45) is -4.34. The molecule has 0 atom stereocenters. The molecule has 0 spiro atoms. The van der Waals surface area contributed by atoms with Gasteiger partial charge in [-0.3, -0.25) is 10.1 Å². The summed E-state index contributed by atoms with van der Waals surface area (Å²) < 4.78 is 36.6. The highest BCUT2D eigenvalue weighted by atomic mass is 19.4. The third-order valence-electron chi connectivity index (χ3n) is 2.42. The Bertz CT molecular complexity index is 480. The van der Waals surface area contributed by atoms with Gasteiger partial charge in [-0.15, -0.1) is 0 Å². The van der Waals surface area contributed by atoms with Crippen LogP contribution < -0.4 is 10.2 Å².